The third-order valence-electron chi connectivity index (χ3n) is 4.72. The van der Waals surface area contributed by atoms with Crippen LogP contribution in [0.4, 0.5) is 5.69 Å². The molecule has 0 fully saturated rings. The van der Waals surface area contributed by atoms with Crippen molar-refractivity contribution in [1.82, 2.24) is 9.97 Å². The summed E-state index contributed by atoms with van der Waals surface area (Å²) in [5.74, 6) is 2.08. The molecule has 0 aliphatic carbocycles. The first-order valence-electron chi connectivity index (χ1n) is 9.85. The zero-order valence-corrected chi connectivity index (χ0v) is 17.6. The number of hydrogen-bond acceptors (Lipinski definition) is 6. The van der Waals surface area contributed by atoms with Crippen molar-refractivity contribution >= 4 is 11.6 Å². The minimum absolute atomic E-state index is 0.204. The molecule has 0 aliphatic rings. The second-order valence-electron chi connectivity index (χ2n) is 6.75. The van der Waals surface area contributed by atoms with Crippen LogP contribution in [-0.2, 0) is 0 Å². The van der Waals surface area contributed by atoms with Gasteiger partial charge in [0.15, 0.2) is 11.5 Å². The van der Waals surface area contributed by atoms with E-state index in [-0.39, 0.29) is 5.91 Å². The molecular formula is C25H21N3O4. The lowest BCUT2D eigenvalue weighted by molar-refractivity contribution is 0.102. The molecule has 0 aliphatic heterocycles. The zero-order valence-electron chi connectivity index (χ0n) is 17.6. The Morgan fingerprint density at radius 1 is 0.812 bits per heavy atom. The van der Waals surface area contributed by atoms with E-state index in [1.807, 2.05) is 30.3 Å². The summed E-state index contributed by atoms with van der Waals surface area (Å²) in [7, 11) is 3.18. The Hall–Kier alpha value is -4.39. The van der Waals surface area contributed by atoms with Gasteiger partial charge in [-0.05, 0) is 48.5 Å². The molecule has 7 nitrogen and oxygen atoms in total. The summed E-state index contributed by atoms with van der Waals surface area (Å²) < 4.78 is 16.3. The van der Waals surface area contributed by atoms with Gasteiger partial charge in [0.25, 0.3) is 5.91 Å². The number of carbonyl (C=O) groups excluding carboxylic acids is 1. The fourth-order valence-electron chi connectivity index (χ4n) is 3.04. The lowest BCUT2D eigenvalue weighted by atomic mass is 10.1. The van der Waals surface area contributed by atoms with E-state index in [4.69, 9.17) is 14.2 Å². The van der Waals surface area contributed by atoms with Crippen molar-refractivity contribution in [3.63, 3.8) is 0 Å². The lowest BCUT2D eigenvalue weighted by Gasteiger charge is -2.10. The van der Waals surface area contributed by atoms with Crippen molar-refractivity contribution in [3.8, 4) is 34.4 Å². The van der Waals surface area contributed by atoms with Gasteiger partial charge < -0.3 is 19.5 Å². The molecule has 160 valence electrons. The van der Waals surface area contributed by atoms with Crippen LogP contribution in [-0.4, -0.2) is 30.1 Å². The van der Waals surface area contributed by atoms with Crippen molar-refractivity contribution in [3.05, 3.63) is 90.8 Å². The van der Waals surface area contributed by atoms with Crippen LogP contribution in [0, 0.1) is 0 Å². The molecule has 4 rings (SSSR count). The van der Waals surface area contributed by atoms with Crippen LogP contribution in [0.1, 0.15) is 10.4 Å². The maximum absolute atomic E-state index is 12.5. The molecule has 4 aromatic rings. The number of ether oxygens (including phenoxy) is 3. The number of benzene rings is 3. The summed E-state index contributed by atoms with van der Waals surface area (Å²) in [5.41, 5.74) is 2.73. The van der Waals surface area contributed by atoms with Crippen LogP contribution in [0.5, 0.6) is 23.1 Å². The summed E-state index contributed by atoms with van der Waals surface area (Å²) in [6, 6.07) is 23.4. The van der Waals surface area contributed by atoms with E-state index < -0.39 is 0 Å². The van der Waals surface area contributed by atoms with Gasteiger partial charge in [0.1, 0.15) is 12.1 Å². The smallest absolute Gasteiger partial charge is 0.255 e. The van der Waals surface area contributed by atoms with Crippen LogP contribution in [0.2, 0.25) is 0 Å². The lowest BCUT2D eigenvalue weighted by Crippen LogP contribution is -2.11. The van der Waals surface area contributed by atoms with Crippen molar-refractivity contribution in [2.45, 2.75) is 0 Å². The molecule has 1 aromatic heterocycles. The minimum atomic E-state index is -0.204. The number of rotatable bonds is 7. The maximum atomic E-state index is 12.5. The molecule has 0 radical (unpaired) electrons. The van der Waals surface area contributed by atoms with Gasteiger partial charge >= 0.3 is 0 Å². The molecule has 7 heteroatoms. The minimum Gasteiger partial charge on any atom is -0.497 e. The molecule has 0 atom stereocenters. The number of methoxy groups -OCH3 is 2. The Bertz CT molecular complexity index is 1210. The summed E-state index contributed by atoms with van der Waals surface area (Å²) in [6.45, 7) is 0. The number of amides is 1. The van der Waals surface area contributed by atoms with E-state index in [1.165, 1.54) is 6.33 Å². The summed E-state index contributed by atoms with van der Waals surface area (Å²) >= 11 is 0. The van der Waals surface area contributed by atoms with E-state index in [0.29, 0.717) is 34.3 Å². The second kappa shape index (κ2) is 9.61. The molecule has 0 saturated carbocycles. The number of nitrogens with one attached hydrogen (secondary N) is 1. The molecule has 1 amide bonds. The first-order valence-corrected chi connectivity index (χ1v) is 9.85. The standard InChI is InChI=1S/C25H21N3O4/c1-30-20-13-11-19(12-14-20)28-25(29)18-9-7-17(8-10-18)21-15-24(27-16-26-21)32-23-6-4-3-5-22(23)31-2/h3-16H,1-2H3,(H,28,29). The van der Waals surface area contributed by atoms with Crippen LogP contribution in [0.15, 0.2) is 85.2 Å². The molecule has 0 saturated heterocycles. The predicted molar refractivity (Wildman–Crippen MR) is 121 cm³/mol. The number of anilines is 1. The Morgan fingerprint density at radius 2 is 1.53 bits per heavy atom. The van der Waals surface area contributed by atoms with Crippen LogP contribution < -0.4 is 19.5 Å². The highest BCUT2D eigenvalue weighted by Gasteiger charge is 2.10. The molecular weight excluding hydrogens is 406 g/mol. The largest absolute Gasteiger partial charge is 0.497 e. The average molecular weight is 427 g/mol. The first-order chi connectivity index (χ1) is 15.7. The van der Waals surface area contributed by atoms with Gasteiger partial charge in [-0.1, -0.05) is 24.3 Å². The number of carbonyl (C=O) groups is 1. The number of hydrogen-bond donors (Lipinski definition) is 1. The van der Waals surface area contributed by atoms with Gasteiger partial charge in [-0.15, -0.1) is 0 Å². The Balaban J connectivity index is 1.47. The van der Waals surface area contributed by atoms with Crippen LogP contribution >= 0.6 is 0 Å². The molecule has 0 spiro atoms. The van der Waals surface area contributed by atoms with Gasteiger partial charge in [-0.2, -0.15) is 0 Å². The van der Waals surface area contributed by atoms with Crippen LogP contribution in [0.3, 0.4) is 0 Å². The highest BCUT2D eigenvalue weighted by Crippen LogP contribution is 2.31. The third-order valence-corrected chi connectivity index (χ3v) is 4.72. The highest BCUT2D eigenvalue weighted by molar-refractivity contribution is 6.04. The average Bonchev–Trinajstić information content (AvgIpc) is 2.85. The van der Waals surface area contributed by atoms with Crippen molar-refractivity contribution in [2.75, 3.05) is 19.5 Å². The summed E-state index contributed by atoms with van der Waals surface area (Å²) in [4.78, 5) is 21.0. The molecule has 0 unspecified atom stereocenters. The van der Waals surface area contributed by atoms with E-state index in [2.05, 4.69) is 15.3 Å². The first kappa shape index (κ1) is 20.9. The molecule has 0 bridgehead atoms. The fraction of sp³-hybridized carbons (Fsp3) is 0.0800. The molecule has 1 heterocycles. The van der Waals surface area contributed by atoms with E-state index in [1.54, 1.807) is 62.8 Å². The Morgan fingerprint density at radius 3 is 2.22 bits per heavy atom. The predicted octanol–water partition coefficient (Wildman–Crippen LogP) is 5.21. The van der Waals surface area contributed by atoms with Gasteiger partial charge in [0.2, 0.25) is 5.88 Å². The fourth-order valence-corrected chi connectivity index (χ4v) is 3.04. The molecule has 3 aromatic carbocycles. The van der Waals surface area contributed by atoms with E-state index in [0.717, 1.165) is 11.3 Å². The number of para-hydroxylation sites is 2. The molecule has 32 heavy (non-hydrogen) atoms. The van der Waals surface area contributed by atoms with Gasteiger partial charge in [-0.25, -0.2) is 9.97 Å². The summed E-state index contributed by atoms with van der Waals surface area (Å²) in [6.07, 6.45) is 1.43. The van der Waals surface area contributed by atoms with Crippen LogP contribution in [0.25, 0.3) is 11.3 Å². The van der Waals surface area contributed by atoms with Gasteiger partial charge in [0.05, 0.1) is 19.9 Å². The monoisotopic (exact) mass is 427 g/mol. The third kappa shape index (κ3) is 4.84. The Kier molecular flexibility index (Phi) is 6.27. The van der Waals surface area contributed by atoms with E-state index in [9.17, 15) is 4.79 Å². The second-order valence-corrected chi connectivity index (χ2v) is 6.75. The number of nitrogens with zero attached hydrogens (tertiary/aromatic N) is 2. The maximum Gasteiger partial charge on any atom is 0.255 e. The topological polar surface area (TPSA) is 82.6 Å². The summed E-state index contributed by atoms with van der Waals surface area (Å²) in [5, 5.41) is 2.86. The van der Waals surface area contributed by atoms with Gasteiger partial charge in [0, 0.05) is 22.9 Å². The number of aromatic nitrogens is 2. The highest BCUT2D eigenvalue weighted by atomic mass is 16.5. The Labute approximate surface area is 185 Å². The zero-order chi connectivity index (χ0) is 22.3. The SMILES string of the molecule is COc1ccc(NC(=O)c2ccc(-c3cc(Oc4ccccc4OC)ncn3)cc2)cc1. The quantitative estimate of drug-likeness (QED) is 0.436. The molecule has 1 N–H and O–H groups in total. The van der Waals surface area contributed by atoms with Gasteiger partial charge in [-0.3, -0.25) is 4.79 Å². The van der Waals surface area contributed by atoms with E-state index >= 15 is 0 Å². The van der Waals surface area contributed by atoms with Crippen molar-refractivity contribution < 1.29 is 19.0 Å². The van der Waals surface area contributed by atoms with Crippen molar-refractivity contribution in [1.29, 1.82) is 0 Å². The normalized spacial score (nSPS) is 10.3. The van der Waals surface area contributed by atoms with Crippen molar-refractivity contribution in [2.24, 2.45) is 0 Å².